The van der Waals surface area contributed by atoms with Gasteiger partial charge in [-0.1, -0.05) is 21.1 Å². The fraction of sp³-hybridized carbons (Fsp3) is 0.385. The summed E-state index contributed by atoms with van der Waals surface area (Å²) in [6, 6.07) is 7.36. The van der Waals surface area contributed by atoms with Crippen molar-refractivity contribution in [2.24, 2.45) is 10.9 Å². The van der Waals surface area contributed by atoms with Gasteiger partial charge in [-0.15, -0.1) is 0 Å². The number of nitrogens with two attached hydrogens (primary N) is 1. The van der Waals surface area contributed by atoms with Gasteiger partial charge in [0.25, 0.3) is 5.91 Å². The summed E-state index contributed by atoms with van der Waals surface area (Å²) in [5.41, 5.74) is 6.17. The smallest absolute Gasteiger partial charge is 0.253 e. The molecule has 108 valence electrons. The number of carbonyl (C=O) groups is 1. The number of amidine groups is 1. The predicted molar refractivity (Wildman–Crippen MR) is 79.9 cm³/mol. The summed E-state index contributed by atoms with van der Waals surface area (Å²) < 4.78 is 0.956. The minimum Gasteiger partial charge on any atom is -0.409 e. The largest absolute Gasteiger partial charge is 0.409 e. The van der Waals surface area contributed by atoms with E-state index in [0.717, 1.165) is 17.6 Å². The maximum absolute atomic E-state index is 12.3. The van der Waals surface area contributed by atoms with Crippen molar-refractivity contribution in [3.05, 3.63) is 34.3 Å². The fourth-order valence-corrected chi connectivity index (χ4v) is 2.41. The molecule has 6 nitrogen and oxygen atoms in total. The number of rotatable bonds is 3. The van der Waals surface area contributed by atoms with Crippen LogP contribution in [-0.4, -0.2) is 59.5 Å². The fourth-order valence-electron chi connectivity index (χ4n) is 2.14. The Balaban J connectivity index is 1.90. The summed E-state index contributed by atoms with van der Waals surface area (Å²) in [6.45, 7) is 3.16. The minimum atomic E-state index is 0.0425. The van der Waals surface area contributed by atoms with Gasteiger partial charge in [0.1, 0.15) is 0 Å². The highest BCUT2D eigenvalue weighted by Crippen LogP contribution is 2.13. The molecule has 0 aliphatic carbocycles. The van der Waals surface area contributed by atoms with Crippen LogP contribution in [0.5, 0.6) is 0 Å². The maximum atomic E-state index is 12.3. The molecular weight excluding hydrogens is 324 g/mol. The maximum Gasteiger partial charge on any atom is 0.253 e. The number of hydrogen-bond acceptors (Lipinski definition) is 4. The van der Waals surface area contributed by atoms with Crippen LogP contribution in [0.25, 0.3) is 0 Å². The Morgan fingerprint density at radius 1 is 1.25 bits per heavy atom. The Kier molecular flexibility index (Phi) is 4.97. The predicted octanol–water partition coefficient (Wildman–Crippen LogP) is 0.953. The molecular formula is C13H17BrN4O2. The van der Waals surface area contributed by atoms with Crippen LogP contribution in [0.3, 0.4) is 0 Å². The first-order valence-corrected chi connectivity index (χ1v) is 7.13. The van der Waals surface area contributed by atoms with Crippen LogP contribution in [0, 0.1) is 0 Å². The third kappa shape index (κ3) is 3.71. The van der Waals surface area contributed by atoms with Crippen molar-refractivity contribution in [1.82, 2.24) is 9.80 Å². The summed E-state index contributed by atoms with van der Waals surface area (Å²) in [6.07, 6.45) is 0. The van der Waals surface area contributed by atoms with E-state index in [2.05, 4.69) is 26.0 Å². The number of carbonyl (C=O) groups excluding carboxylic acids is 1. The molecule has 1 aromatic rings. The number of amides is 1. The van der Waals surface area contributed by atoms with Gasteiger partial charge in [0.15, 0.2) is 5.84 Å². The minimum absolute atomic E-state index is 0.0425. The molecule has 1 aromatic carbocycles. The molecule has 1 saturated heterocycles. The molecule has 1 amide bonds. The van der Waals surface area contributed by atoms with Gasteiger partial charge in [-0.3, -0.25) is 9.69 Å². The molecule has 0 radical (unpaired) electrons. The third-order valence-corrected chi connectivity index (χ3v) is 3.79. The zero-order valence-electron chi connectivity index (χ0n) is 11.0. The van der Waals surface area contributed by atoms with E-state index in [-0.39, 0.29) is 11.7 Å². The molecule has 1 heterocycles. The molecule has 0 bridgehead atoms. The molecule has 2 rings (SSSR count). The zero-order chi connectivity index (χ0) is 14.5. The standard InChI is InChI=1S/C13H17BrN4O2/c14-11-3-1-10(2-4-11)13(19)18-7-5-17(6-8-18)9-12(15)16-20/h1-4,20H,5-9H2,(H2,15,16). The zero-order valence-corrected chi connectivity index (χ0v) is 12.6. The van der Waals surface area contributed by atoms with Gasteiger partial charge in [0, 0.05) is 36.2 Å². The van der Waals surface area contributed by atoms with Gasteiger partial charge in [0.2, 0.25) is 0 Å². The molecule has 20 heavy (non-hydrogen) atoms. The lowest BCUT2D eigenvalue weighted by molar-refractivity contribution is 0.0653. The van der Waals surface area contributed by atoms with E-state index in [0.29, 0.717) is 25.2 Å². The first-order chi connectivity index (χ1) is 9.60. The Labute approximate surface area is 126 Å². The van der Waals surface area contributed by atoms with E-state index in [1.807, 2.05) is 29.2 Å². The van der Waals surface area contributed by atoms with Gasteiger partial charge in [-0.05, 0) is 24.3 Å². The van der Waals surface area contributed by atoms with Crippen molar-refractivity contribution in [2.75, 3.05) is 32.7 Å². The Morgan fingerprint density at radius 2 is 1.85 bits per heavy atom. The van der Waals surface area contributed by atoms with Gasteiger partial charge in [-0.25, -0.2) is 0 Å². The monoisotopic (exact) mass is 340 g/mol. The van der Waals surface area contributed by atoms with Crippen LogP contribution in [0.2, 0.25) is 0 Å². The van der Waals surface area contributed by atoms with Crippen molar-refractivity contribution in [3.63, 3.8) is 0 Å². The van der Waals surface area contributed by atoms with Gasteiger partial charge in [-0.2, -0.15) is 0 Å². The summed E-state index contributed by atoms with van der Waals surface area (Å²) in [7, 11) is 0. The van der Waals surface area contributed by atoms with Crippen molar-refractivity contribution in [2.45, 2.75) is 0 Å². The van der Waals surface area contributed by atoms with E-state index in [9.17, 15) is 4.79 Å². The highest BCUT2D eigenvalue weighted by atomic mass is 79.9. The molecule has 1 aliphatic heterocycles. The number of piperazine rings is 1. The van der Waals surface area contributed by atoms with Crippen LogP contribution in [0.1, 0.15) is 10.4 Å². The molecule has 1 aliphatic rings. The van der Waals surface area contributed by atoms with Crippen molar-refractivity contribution < 1.29 is 10.0 Å². The van der Waals surface area contributed by atoms with Crippen LogP contribution in [0.4, 0.5) is 0 Å². The number of hydrogen-bond donors (Lipinski definition) is 2. The topological polar surface area (TPSA) is 82.2 Å². The van der Waals surface area contributed by atoms with Crippen LogP contribution in [0.15, 0.2) is 33.9 Å². The Hall–Kier alpha value is -1.60. The molecule has 0 aromatic heterocycles. The lowest BCUT2D eigenvalue weighted by Crippen LogP contribution is -2.50. The van der Waals surface area contributed by atoms with E-state index >= 15 is 0 Å². The highest BCUT2D eigenvalue weighted by Gasteiger charge is 2.22. The Morgan fingerprint density at radius 3 is 2.40 bits per heavy atom. The molecule has 0 saturated carbocycles. The van der Waals surface area contributed by atoms with E-state index in [4.69, 9.17) is 10.9 Å². The quantitative estimate of drug-likeness (QED) is 0.371. The summed E-state index contributed by atoms with van der Waals surface area (Å²) in [5, 5.41) is 11.5. The van der Waals surface area contributed by atoms with E-state index < -0.39 is 0 Å². The number of benzene rings is 1. The van der Waals surface area contributed by atoms with Gasteiger partial charge >= 0.3 is 0 Å². The molecule has 7 heteroatoms. The lowest BCUT2D eigenvalue weighted by Gasteiger charge is -2.34. The average Bonchev–Trinajstić information content (AvgIpc) is 2.48. The summed E-state index contributed by atoms with van der Waals surface area (Å²) >= 11 is 3.35. The third-order valence-electron chi connectivity index (χ3n) is 3.26. The van der Waals surface area contributed by atoms with Crippen LogP contribution < -0.4 is 5.73 Å². The first kappa shape index (κ1) is 14.8. The highest BCUT2D eigenvalue weighted by molar-refractivity contribution is 9.10. The van der Waals surface area contributed by atoms with E-state index in [1.54, 1.807) is 0 Å². The molecule has 3 N–H and O–H groups in total. The van der Waals surface area contributed by atoms with Crippen molar-refractivity contribution in [3.8, 4) is 0 Å². The molecule has 0 unspecified atom stereocenters. The average molecular weight is 341 g/mol. The Bertz CT molecular complexity index is 496. The first-order valence-electron chi connectivity index (χ1n) is 6.34. The summed E-state index contributed by atoms with van der Waals surface area (Å²) in [5.74, 6) is 0.235. The second kappa shape index (κ2) is 6.71. The number of halogens is 1. The normalized spacial score (nSPS) is 17.2. The van der Waals surface area contributed by atoms with Crippen molar-refractivity contribution >= 4 is 27.7 Å². The summed E-state index contributed by atoms with van der Waals surface area (Å²) in [4.78, 5) is 16.2. The molecule has 0 atom stereocenters. The number of nitrogens with zero attached hydrogens (tertiary/aromatic N) is 3. The van der Waals surface area contributed by atoms with Gasteiger partial charge < -0.3 is 15.8 Å². The van der Waals surface area contributed by atoms with Gasteiger partial charge in [0.05, 0.1) is 6.54 Å². The van der Waals surface area contributed by atoms with Crippen LogP contribution >= 0.6 is 15.9 Å². The molecule has 0 spiro atoms. The second-order valence-corrected chi connectivity index (χ2v) is 5.58. The lowest BCUT2D eigenvalue weighted by atomic mass is 10.2. The van der Waals surface area contributed by atoms with E-state index in [1.165, 1.54) is 0 Å². The number of oxime groups is 1. The SMILES string of the molecule is NC(CN1CCN(C(=O)c2ccc(Br)cc2)CC1)=NO. The van der Waals surface area contributed by atoms with Crippen LogP contribution in [-0.2, 0) is 0 Å². The molecule has 1 fully saturated rings. The van der Waals surface area contributed by atoms with Crippen molar-refractivity contribution in [1.29, 1.82) is 0 Å². The second-order valence-electron chi connectivity index (χ2n) is 4.67.